The number of rotatable bonds is 5. The second-order valence-electron chi connectivity index (χ2n) is 8.04. The molecule has 0 atom stereocenters. The average Bonchev–Trinajstić information content (AvgIpc) is 3.10. The SMILES string of the molecule is O=[N+]([O-])c1cc(S(=O)(=O)N2CCCCCC2)ccc1N1CCN(c2ccccc2)CC1. The number of nitrogens with zero attached hydrogens (tertiary/aromatic N) is 4. The lowest BCUT2D eigenvalue weighted by molar-refractivity contribution is -0.384. The van der Waals surface area contributed by atoms with Crippen molar-refractivity contribution in [2.75, 3.05) is 49.1 Å². The molecule has 4 rings (SSSR count). The maximum atomic E-state index is 13.1. The maximum Gasteiger partial charge on any atom is 0.293 e. The molecule has 0 bridgehead atoms. The Morgan fingerprint density at radius 3 is 2.00 bits per heavy atom. The molecule has 9 heteroatoms. The molecule has 2 aromatic carbocycles. The van der Waals surface area contributed by atoms with Gasteiger partial charge in [-0.15, -0.1) is 0 Å². The van der Waals surface area contributed by atoms with E-state index in [9.17, 15) is 18.5 Å². The molecular formula is C22H28N4O4S. The molecule has 2 fully saturated rings. The van der Waals surface area contributed by atoms with Crippen molar-refractivity contribution in [3.8, 4) is 0 Å². The van der Waals surface area contributed by atoms with Gasteiger partial charge in [-0.05, 0) is 37.1 Å². The summed E-state index contributed by atoms with van der Waals surface area (Å²) in [5, 5.41) is 11.8. The van der Waals surface area contributed by atoms with Crippen molar-refractivity contribution in [2.45, 2.75) is 30.6 Å². The van der Waals surface area contributed by atoms with Crippen molar-refractivity contribution in [3.63, 3.8) is 0 Å². The largest absolute Gasteiger partial charge is 0.368 e. The van der Waals surface area contributed by atoms with E-state index in [1.165, 1.54) is 16.4 Å². The summed E-state index contributed by atoms with van der Waals surface area (Å²) in [6.45, 7) is 3.70. The monoisotopic (exact) mass is 444 g/mol. The smallest absolute Gasteiger partial charge is 0.293 e. The van der Waals surface area contributed by atoms with Gasteiger partial charge < -0.3 is 9.80 Å². The molecule has 166 valence electrons. The summed E-state index contributed by atoms with van der Waals surface area (Å²) in [5.41, 5.74) is 1.46. The summed E-state index contributed by atoms with van der Waals surface area (Å²) in [4.78, 5) is 15.6. The van der Waals surface area contributed by atoms with E-state index in [4.69, 9.17) is 0 Å². The molecule has 0 N–H and O–H groups in total. The highest BCUT2D eigenvalue weighted by molar-refractivity contribution is 7.89. The molecular weight excluding hydrogens is 416 g/mol. The van der Waals surface area contributed by atoms with Crippen LogP contribution in [0.3, 0.4) is 0 Å². The second kappa shape index (κ2) is 9.23. The van der Waals surface area contributed by atoms with Gasteiger partial charge >= 0.3 is 0 Å². The minimum atomic E-state index is -3.73. The van der Waals surface area contributed by atoms with E-state index in [1.807, 2.05) is 23.1 Å². The van der Waals surface area contributed by atoms with Crippen molar-refractivity contribution < 1.29 is 13.3 Å². The Balaban J connectivity index is 1.55. The molecule has 2 aliphatic rings. The number of benzene rings is 2. The topological polar surface area (TPSA) is 87.0 Å². The first-order valence-electron chi connectivity index (χ1n) is 10.8. The Bertz CT molecular complexity index is 1010. The predicted molar refractivity (Wildman–Crippen MR) is 121 cm³/mol. The van der Waals surface area contributed by atoms with Crippen molar-refractivity contribution in [2.24, 2.45) is 0 Å². The lowest BCUT2D eigenvalue weighted by atomic mass is 10.2. The third-order valence-electron chi connectivity index (χ3n) is 6.09. The van der Waals surface area contributed by atoms with Crippen LogP contribution >= 0.6 is 0 Å². The Labute approximate surface area is 183 Å². The van der Waals surface area contributed by atoms with Gasteiger partial charge in [-0.3, -0.25) is 10.1 Å². The van der Waals surface area contributed by atoms with Crippen LogP contribution in [0.1, 0.15) is 25.7 Å². The Kier molecular flexibility index (Phi) is 6.43. The van der Waals surface area contributed by atoms with Crippen LogP contribution in [-0.4, -0.2) is 56.9 Å². The van der Waals surface area contributed by atoms with Crippen LogP contribution in [0.4, 0.5) is 17.1 Å². The van der Waals surface area contributed by atoms with Crippen LogP contribution < -0.4 is 9.80 Å². The lowest BCUT2D eigenvalue weighted by Crippen LogP contribution is -2.46. The van der Waals surface area contributed by atoms with Gasteiger partial charge in [0.15, 0.2) is 0 Å². The molecule has 0 saturated carbocycles. The number of anilines is 2. The zero-order valence-electron chi connectivity index (χ0n) is 17.5. The third-order valence-corrected chi connectivity index (χ3v) is 7.98. The standard InChI is InChI=1S/C22H28N4O4S/c27-26(28)22-18-20(31(29,30)25-12-6-1-2-7-13-25)10-11-21(22)24-16-14-23(15-17-24)19-8-4-3-5-9-19/h3-5,8-11,18H,1-2,6-7,12-17H2. The van der Waals surface area contributed by atoms with Crippen molar-refractivity contribution in [1.82, 2.24) is 4.31 Å². The van der Waals surface area contributed by atoms with E-state index in [0.29, 0.717) is 31.9 Å². The summed E-state index contributed by atoms with van der Waals surface area (Å²) >= 11 is 0. The molecule has 0 unspecified atom stereocenters. The lowest BCUT2D eigenvalue weighted by Gasteiger charge is -2.37. The first kappa shape index (κ1) is 21.6. The molecule has 2 aromatic rings. The van der Waals surface area contributed by atoms with Crippen LogP contribution in [0.2, 0.25) is 0 Å². The summed E-state index contributed by atoms with van der Waals surface area (Å²) in [7, 11) is -3.73. The van der Waals surface area contributed by atoms with Gasteiger partial charge in [0, 0.05) is 51.0 Å². The van der Waals surface area contributed by atoms with Crippen LogP contribution in [0, 0.1) is 10.1 Å². The number of para-hydroxylation sites is 1. The molecule has 0 radical (unpaired) electrons. The van der Waals surface area contributed by atoms with E-state index in [2.05, 4.69) is 17.0 Å². The summed E-state index contributed by atoms with van der Waals surface area (Å²) in [5.74, 6) is 0. The first-order valence-corrected chi connectivity index (χ1v) is 12.2. The zero-order chi connectivity index (χ0) is 21.8. The fraction of sp³-hybridized carbons (Fsp3) is 0.455. The normalized spacial score (nSPS) is 18.6. The summed E-state index contributed by atoms with van der Waals surface area (Å²) in [6, 6.07) is 14.4. The maximum absolute atomic E-state index is 13.1. The average molecular weight is 445 g/mol. The highest BCUT2D eigenvalue weighted by Gasteiger charge is 2.30. The minimum absolute atomic E-state index is 0.00720. The second-order valence-corrected chi connectivity index (χ2v) is 9.97. The highest BCUT2D eigenvalue weighted by Crippen LogP contribution is 2.33. The Morgan fingerprint density at radius 1 is 0.774 bits per heavy atom. The van der Waals surface area contributed by atoms with Crippen molar-refractivity contribution in [1.29, 1.82) is 0 Å². The van der Waals surface area contributed by atoms with E-state index < -0.39 is 14.9 Å². The number of hydrogen-bond acceptors (Lipinski definition) is 6. The van der Waals surface area contributed by atoms with Gasteiger partial charge in [-0.1, -0.05) is 31.0 Å². The molecule has 0 aliphatic carbocycles. The molecule has 2 saturated heterocycles. The van der Waals surface area contributed by atoms with Crippen molar-refractivity contribution in [3.05, 3.63) is 58.6 Å². The predicted octanol–water partition coefficient (Wildman–Crippen LogP) is 3.49. The van der Waals surface area contributed by atoms with Gasteiger partial charge in [-0.2, -0.15) is 4.31 Å². The molecule has 2 aliphatic heterocycles. The molecule has 8 nitrogen and oxygen atoms in total. The third kappa shape index (κ3) is 4.67. The minimum Gasteiger partial charge on any atom is -0.368 e. The van der Waals surface area contributed by atoms with Crippen molar-refractivity contribution >= 4 is 27.1 Å². The molecule has 0 amide bonds. The number of nitro benzene ring substituents is 1. The van der Waals surface area contributed by atoms with Crippen LogP contribution in [0.25, 0.3) is 0 Å². The highest BCUT2D eigenvalue weighted by atomic mass is 32.2. The fourth-order valence-corrected chi connectivity index (χ4v) is 5.89. The van der Waals surface area contributed by atoms with Gasteiger partial charge in [0.1, 0.15) is 5.69 Å². The molecule has 2 heterocycles. The van der Waals surface area contributed by atoms with E-state index >= 15 is 0 Å². The Hall–Kier alpha value is -2.65. The summed E-state index contributed by atoms with van der Waals surface area (Å²) < 4.78 is 27.6. The van der Waals surface area contributed by atoms with Gasteiger partial charge in [0.25, 0.3) is 5.69 Å². The number of sulfonamides is 1. The summed E-state index contributed by atoms with van der Waals surface area (Å²) in [6.07, 6.45) is 3.68. The fourth-order valence-electron chi connectivity index (χ4n) is 4.35. The molecule has 0 aromatic heterocycles. The first-order chi connectivity index (χ1) is 15.0. The van der Waals surface area contributed by atoms with E-state index in [-0.39, 0.29) is 10.6 Å². The number of nitro groups is 1. The van der Waals surface area contributed by atoms with E-state index in [0.717, 1.165) is 44.5 Å². The number of hydrogen-bond donors (Lipinski definition) is 0. The van der Waals surface area contributed by atoms with Gasteiger partial charge in [0.05, 0.1) is 9.82 Å². The van der Waals surface area contributed by atoms with Crippen LogP contribution in [0.15, 0.2) is 53.4 Å². The quantitative estimate of drug-likeness (QED) is 0.518. The molecule has 31 heavy (non-hydrogen) atoms. The van der Waals surface area contributed by atoms with E-state index in [1.54, 1.807) is 6.07 Å². The van der Waals surface area contributed by atoms with Gasteiger partial charge in [-0.25, -0.2) is 8.42 Å². The number of piperazine rings is 1. The zero-order valence-corrected chi connectivity index (χ0v) is 18.3. The molecule has 0 spiro atoms. The van der Waals surface area contributed by atoms with Gasteiger partial charge in [0.2, 0.25) is 10.0 Å². The van der Waals surface area contributed by atoms with Crippen LogP contribution in [0.5, 0.6) is 0 Å². The van der Waals surface area contributed by atoms with Crippen LogP contribution in [-0.2, 0) is 10.0 Å². The Morgan fingerprint density at radius 2 is 1.39 bits per heavy atom.